The Bertz CT molecular complexity index is 899. The van der Waals surface area contributed by atoms with Gasteiger partial charge in [-0.25, -0.2) is 0 Å². The second-order valence-electron chi connectivity index (χ2n) is 8.42. The van der Waals surface area contributed by atoms with Gasteiger partial charge < -0.3 is 9.47 Å². The lowest BCUT2D eigenvalue weighted by atomic mass is 9.70. The number of carbonyl (C=O) groups is 1. The Balaban J connectivity index is 1.66. The number of hydrogen-bond acceptors (Lipinski definition) is 3. The molecule has 2 aromatic rings. The minimum Gasteiger partial charge on any atom is -0.485 e. The third-order valence-electron chi connectivity index (χ3n) is 6.58. The second kappa shape index (κ2) is 8.51. The molecule has 0 radical (unpaired) electrons. The Morgan fingerprint density at radius 3 is 2.72 bits per heavy atom. The quantitative estimate of drug-likeness (QED) is 0.476. The van der Waals surface area contributed by atoms with Gasteiger partial charge >= 0.3 is 5.97 Å². The molecule has 0 heterocycles. The van der Waals surface area contributed by atoms with Crippen LogP contribution in [0, 0.1) is 6.92 Å². The van der Waals surface area contributed by atoms with E-state index in [1.54, 1.807) is 0 Å². The summed E-state index contributed by atoms with van der Waals surface area (Å²) in [6, 6.07) is 12.7. The van der Waals surface area contributed by atoms with Gasteiger partial charge in [0.2, 0.25) is 0 Å². The maximum atomic E-state index is 12.2. The molecule has 1 fully saturated rings. The van der Waals surface area contributed by atoms with Crippen LogP contribution in [-0.4, -0.2) is 12.6 Å². The number of hydrogen-bond donors (Lipinski definition) is 0. The molecule has 0 amide bonds. The van der Waals surface area contributed by atoms with Crippen molar-refractivity contribution >= 4 is 21.9 Å². The number of fused-ring (bicyclic) bond motifs is 2. The van der Waals surface area contributed by atoms with Crippen LogP contribution in [0.1, 0.15) is 73.8 Å². The van der Waals surface area contributed by atoms with E-state index < -0.39 is 0 Å². The van der Waals surface area contributed by atoms with Crippen molar-refractivity contribution in [1.82, 2.24) is 0 Å². The van der Waals surface area contributed by atoms with Gasteiger partial charge in [-0.15, -0.1) is 0 Å². The highest BCUT2D eigenvalue weighted by Crippen LogP contribution is 2.54. The lowest BCUT2D eigenvalue weighted by molar-refractivity contribution is -0.142. The molecule has 2 aromatic carbocycles. The van der Waals surface area contributed by atoms with Gasteiger partial charge in [0.25, 0.3) is 0 Å². The van der Waals surface area contributed by atoms with Crippen molar-refractivity contribution in [3.8, 4) is 5.75 Å². The van der Waals surface area contributed by atoms with Crippen LogP contribution in [0.5, 0.6) is 5.75 Å². The van der Waals surface area contributed by atoms with E-state index in [0.717, 1.165) is 27.8 Å². The van der Waals surface area contributed by atoms with Crippen LogP contribution in [0.15, 0.2) is 40.9 Å². The number of rotatable bonds is 5. The summed E-state index contributed by atoms with van der Waals surface area (Å²) < 4.78 is 12.9. The van der Waals surface area contributed by atoms with E-state index in [9.17, 15) is 4.79 Å². The van der Waals surface area contributed by atoms with Crippen LogP contribution in [0.25, 0.3) is 0 Å². The molecule has 4 rings (SSSR count). The smallest absolute Gasteiger partial charge is 0.310 e. The number of carbonyl (C=O) groups excluding carboxylic acids is 1. The fraction of sp³-hybridized carbons (Fsp3) is 0.480. The third-order valence-corrected chi connectivity index (χ3v) is 7.07. The van der Waals surface area contributed by atoms with E-state index in [2.05, 4.69) is 34.1 Å². The largest absolute Gasteiger partial charge is 0.485 e. The number of esters is 1. The van der Waals surface area contributed by atoms with Crippen molar-refractivity contribution in [2.45, 2.75) is 70.3 Å². The maximum Gasteiger partial charge on any atom is 0.310 e. The molecule has 1 atom stereocenters. The van der Waals surface area contributed by atoms with Crippen molar-refractivity contribution in [2.75, 3.05) is 6.61 Å². The van der Waals surface area contributed by atoms with Gasteiger partial charge in [-0.05, 0) is 73.4 Å². The van der Waals surface area contributed by atoms with Crippen LogP contribution in [0.2, 0.25) is 0 Å². The van der Waals surface area contributed by atoms with Gasteiger partial charge in [0, 0.05) is 10.0 Å². The fourth-order valence-corrected chi connectivity index (χ4v) is 5.57. The molecule has 2 aliphatic rings. The third kappa shape index (κ3) is 4.09. The Kier molecular flexibility index (Phi) is 6.00. The summed E-state index contributed by atoms with van der Waals surface area (Å²) in [6.07, 6.45) is 7.69. The highest BCUT2D eigenvalue weighted by Gasteiger charge is 2.45. The molecule has 29 heavy (non-hydrogen) atoms. The lowest BCUT2D eigenvalue weighted by Crippen LogP contribution is -2.26. The van der Waals surface area contributed by atoms with E-state index in [0.29, 0.717) is 6.61 Å². The molecule has 1 saturated carbocycles. The van der Waals surface area contributed by atoms with Crippen LogP contribution in [0.4, 0.5) is 0 Å². The maximum absolute atomic E-state index is 12.2. The molecule has 3 nitrogen and oxygen atoms in total. The monoisotopic (exact) mass is 456 g/mol. The summed E-state index contributed by atoms with van der Waals surface area (Å²) in [5.74, 6) is 0.604. The highest BCUT2D eigenvalue weighted by molar-refractivity contribution is 9.10. The first-order valence-electron chi connectivity index (χ1n) is 10.7. The minimum absolute atomic E-state index is 0.0170. The first-order chi connectivity index (χ1) is 14.0. The van der Waals surface area contributed by atoms with Gasteiger partial charge in [0.05, 0.1) is 13.0 Å². The lowest BCUT2D eigenvalue weighted by Gasteiger charge is -2.34. The molecular weight excluding hydrogens is 428 g/mol. The topological polar surface area (TPSA) is 35.5 Å². The van der Waals surface area contributed by atoms with Crippen molar-refractivity contribution in [3.63, 3.8) is 0 Å². The average Bonchev–Trinajstić information content (AvgIpc) is 2.97. The number of halogens is 1. The van der Waals surface area contributed by atoms with Crippen LogP contribution in [0.3, 0.4) is 0 Å². The summed E-state index contributed by atoms with van der Waals surface area (Å²) in [7, 11) is 0. The molecular formula is C25H29BrO3. The molecule has 154 valence electrons. The van der Waals surface area contributed by atoms with Crippen LogP contribution >= 0.6 is 15.9 Å². The molecule has 0 saturated heterocycles. The average molecular weight is 457 g/mol. The Morgan fingerprint density at radius 1 is 1.17 bits per heavy atom. The van der Waals surface area contributed by atoms with E-state index in [1.807, 2.05) is 32.0 Å². The van der Waals surface area contributed by atoms with Gasteiger partial charge in [-0.1, -0.05) is 53.4 Å². The minimum atomic E-state index is -0.204. The molecule has 0 aromatic heterocycles. The molecule has 0 aliphatic heterocycles. The molecule has 4 heteroatoms. The highest BCUT2D eigenvalue weighted by atomic mass is 79.9. The van der Waals surface area contributed by atoms with Crippen LogP contribution in [-0.2, 0) is 21.4 Å². The summed E-state index contributed by atoms with van der Waals surface area (Å²) in [5, 5.41) is 0. The second-order valence-corrected chi connectivity index (χ2v) is 9.33. The predicted molar refractivity (Wildman–Crippen MR) is 118 cm³/mol. The molecule has 1 unspecified atom stereocenters. The van der Waals surface area contributed by atoms with E-state index in [4.69, 9.17) is 9.47 Å². The Labute approximate surface area is 181 Å². The van der Waals surface area contributed by atoms with Gasteiger partial charge in [-0.3, -0.25) is 4.79 Å². The predicted octanol–water partition coefficient (Wildman–Crippen LogP) is 6.59. The Hall–Kier alpha value is -1.81. The molecule has 0 bridgehead atoms. The van der Waals surface area contributed by atoms with Crippen molar-refractivity contribution in [2.24, 2.45) is 0 Å². The van der Waals surface area contributed by atoms with Crippen molar-refractivity contribution in [1.29, 1.82) is 0 Å². The van der Waals surface area contributed by atoms with E-state index in [1.165, 1.54) is 43.2 Å². The van der Waals surface area contributed by atoms with E-state index in [-0.39, 0.29) is 23.9 Å². The Morgan fingerprint density at radius 2 is 1.97 bits per heavy atom. The standard InChI is InChI=1S/C25H29BrO3/c1-3-28-24(27)15-19-17(2)8-7-9-22(19)29-23-16-25(12-5-4-6-13-25)21-11-10-18(26)14-20(21)23/h7-11,14,23H,3-6,12-13,15-16H2,1-2H3. The number of benzene rings is 2. The van der Waals surface area contributed by atoms with Crippen molar-refractivity contribution < 1.29 is 14.3 Å². The molecule has 1 spiro atoms. The molecule has 0 N–H and O–H groups in total. The normalized spacial score (nSPS) is 19.8. The number of ether oxygens (including phenoxy) is 2. The fourth-order valence-electron chi connectivity index (χ4n) is 5.19. The van der Waals surface area contributed by atoms with E-state index >= 15 is 0 Å². The number of aryl methyl sites for hydroxylation is 1. The first kappa shape index (κ1) is 20.5. The van der Waals surface area contributed by atoms with Gasteiger partial charge in [0.15, 0.2) is 0 Å². The van der Waals surface area contributed by atoms with Gasteiger partial charge in [0.1, 0.15) is 11.9 Å². The summed E-state index contributed by atoms with van der Waals surface area (Å²) in [4.78, 5) is 12.2. The van der Waals surface area contributed by atoms with Crippen molar-refractivity contribution in [3.05, 3.63) is 63.1 Å². The zero-order valence-corrected chi connectivity index (χ0v) is 18.9. The van der Waals surface area contributed by atoms with Gasteiger partial charge in [-0.2, -0.15) is 0 Å². The zero-order chi connectivity index (χ0) is 20.4. The summed E-state index contributed by atoms with van der Waals surface area (Å²) >= 11 is 3.65. The summed E-state index contributed by atoms with van der Waals surface area (Å²) in [6.45, 7) is 4.26. The zero-order valence-electron chi connectivity index (χ0n) is 17.3. The SMILES string of the molecule is CCOC(=O)Cc1c(C)cccc1OC1CC2(CCCCC2)c2ccc(Br)cc21. The summed E-state index contributed by atoms with van der Waals surface area (Å²) in [5.41, 5.74) is 5.00. The first-order valence-corrected chi connectivity index (χ1v) is 11.5. The van der Waals surface area contributed by atoms with Crippen LogP contribution < -0.4 is 4.74 Å². The molecule has 2 aliphatic carbocycles.